The molecule has 2 aliphatic carbocycles. The first-order valence-corrected chi connectivity index (χ1v) is 25.0. The largest absolute Gasteiger partial charge is 0.0616 e. The van der Waals surface area contributed by atoms with E-state index in [1.165, 1.54) is 154 Å². The highest BCUT2D eigenvalue weighted by atomic mass is 14.4. The lowest BCUT2D eigenvalue weighted by Gasteiger charge is -2.22. The van der Waals surface area contributed by atoms with E-state index < -0.39 is 0 Å². The van der Waals surface area contributed by atoms with Crippen molar-refractivity contribution in [2.24, 2.45) is 0 Å². The van der Waals surface area contributed by atoms with Gasteiger partial charge in [0.25, 0.3) is 0 Å². The first-order chi connectivity index (χ1) is 34.9. The molecule has 0 nitrogen and oxygen atoms in total. The molecule has 0 amide bonds. The molecule has 0 N–H and O–H groups in total. The average molecular weight is 899 g/mol. The van der Waals surface area contributed by atoms with Crippen LogP contribution in [0.1, 0.15) is 25.0 Å². The third-order valence-corrected chi connectivity index (χ3v) is 16.2. The lowest BCUT2D eigenvalue weighted by atomic mass is 9.80. The van der Waals surface area contributed by atoms with Gasteiger partial charge >= 0.3 is 0 Å². The second kappa shape index (κ2) is 15.1. The zero-order valence-corrected chi connectivity index (χ0v) is 39.6. The maximum atomic E-state index is 2.43. The summed E-state index contributed by atoms with van der Waals surface area (Å²) in [5.41, 5.74) is 25.5. The van der Waals surface area contributed by atoms with Crippen molar-refractivity contribution >= 4 is 43.1 Å². The molecule has 13 aromatic carbocycles. The fourth-order valence-corrected chi connectivity index (χ4v) is 12.5. The van der Waals surface area contributed by atoms with Gasteiger partial charge in [0.2, 0.25) is 0 Å². The minimum absolute atomic E-state index is 0.135. The van der Waals surface area contributed by atoms with Gasteiger partial charge in [-0.2, -0.15) is 0 Å². The summed E-state index contributed by atoms with van der Waals surface area (Å²) < 4.78 is 0. The van der Waals surface area contributed by atoms with E-state index in [1.54, 1.807) is 0 Å². The van der Waals surface area contributed by atoms with E-state index in [0.717, 1.165) is 0 Å². The smallest absolute Gasteiger partial charge is 0.0159 e. The standard InChI is InChI=1S/C71H46/c1-71(2)66-41-54(47-17-13-43(14-18-47)45-21-25-49(26-22-45)56-35-31-53-30-29-51-7-5-8-52-32-38-64(56)69(53)68(51)52)33-36-60(66)61-37-34-55(42-67(61)71)48-19-15-44(16-20-48)46-23-27-50(28-24-46)57-39-40-65-59-10-4-3-9-58(59)63-12-6-11-62(57)70(63)65/h3-42H,1-2H3. The first kappa shape index (κ1) is 40.1. The van der Waals surface area contributed by atoms with Gasteiger partial charge in [-0.25, -0.2) is 0 Å². The van der Waals surface area contributed by atoms with Crippen LogP contribution in [0, 0.1) is 0 Å². The Labute approximate surface area is 414 Å². The minimum atomic E-state index is -0.135. The Morgan fingerprint density at radius 2 is 0.549 bits per heavy atom. The summed E-state index contributed by atoms with van der Waals surface area (Å²) in [5, 5.41) is 10.6. The summed E-state index contributed by atoms with van der Waals surface area (Å²) in [6.07, 6.45) is 0. The maximum absolute atomic E-state index is 2.43. The Morgan fingerprint density at radius 1 is 0.211 bits per heavy atom. The van der Waals surface area contributed by atoms with Crippen molar-refractivity contribution in [3.63, 3.8) is 0 Å². The molecule has 2 aliphatic rings. The van der Waals surface area contributed by atoms with Crippen LogP contribution in [0.3, 0.4) is 0 Å². The van der Waals surface area contributed by atoms with Crippen molar-refractivity contribution in [3.05, 3.63) is 254 Å². The molecule has 0 saturated heterocycles. The summed E-state index contributed by atoms with van der Waals surface area (Å²) in [6, 6.07) is 91.0. The van der Waals surface area contributed by atoms with Crippen LogP contribution in [-0.4, -0.2) is 0 Å². The molecule has 13 aromatic rings. The van der Waals surface area contributed by atoms with Gasteiger partial charge in [-0.3, -0.25) is 0 Å². The zero-order chi connectivity index (χ0) is 47.0. The average Bonchev–Trinajstić information content (AvgIpc) is 3.88. The van der Waals surface area contributed by atoms with E-state index in [9.17, 15) is 0 Å². The van der Waals surface area contributed by atoms with Crippen molar-refractivity contribution in [2.45, 2.75) is 19.3 Å². The third kappa shape index (κ3) is 6.05. The normalized spacial score (nSPS) is 13.0. The first-order valence-electron chi connectivity index (χ1n) is 25.0. The molecular formula is C71H46. The fraction of sp³-hybridized carbons (Fsp3) is 0.0423. The van der Waals surface area contributed by atoms with Gasteiger partial charge in [-0.05, 0) is 166 Å². The van der Waals surface area contributed by atoms with Crippen molar-refractivity contribution in [1.29, 1.82) is 0 Å². The van der Waals surface area contributed by atoms with Crippen molar-refractivity contribution in [2.75, 3.05) is 0 Å². The van der Waals surface area contributed by atoms with Crippen LogP contribution in [0.15, 0.2) is 243 Å². The van der Waals surface area contributed by atoms with Crippen LogP contribution in [-0.2, 0) is 5.41 Å². The van der Waals surface area contributed by atoms with Gasteiger partial charge in [0.15, 0.2) is 0 Å². The monoisotopic (exact) mass is 898 g/mol. The van der Waals surface area contributed by atoms with Gasteiger partial charge < -0.3 is 0 Å². The molecule has 15 rings (SSSR count). The molecule has 330 valence electrons. The van der Waals surface area contributed by atoms with Crippen LogP contribution in [0.25, 0.3) is 143 Å². The fourth-order valence-electron chi connectivity index (χ4n) is 12.5. The second-order valence-electron chi connectivity index (χ2n) is 20.4. The van der Waals surface area contributed by atoms with E-state index in [0.29, 0.717) is 0 Å². The van der Waals surface area contributed by atoms with Gasteiger partial charge in [-0.1, -0.05) is 244 Å². The number of hydrogen-bond acceptors (Lipinski definition) is 0. The molecule has 0 heterocycles. The molecule has 0 aromatic heterocycles. The number of benzene rings is 13. The van der Waals surface area contributed by atoms with E-state index in [4.69, 9.17) is 0 Å². The molecule has 0 radical (unpaired) electrons. The third-order valence-electron chi connectivity index (χ3n) is 16.2. The zero-order valence-electron chi connectivity index (χ0n) is 39.6. The van der Waals surface area contributed by atoms with Crippen molar-refractivity contribution < 1.29 is 0 Å². The molecule has 0 bridgehead atoms. The van der Waals surface area contributed by atoms with Crippen molar-refractivity contribution in [3.8, 4) is 100 Å². The summed E-state index contributed by atoms with van der Waals surface area (Å²) in [5.74, 6) is 0. The molecule has 0 saturated carbocycles. The van der Waals surface area contributed by atoms with E-state index in [-0.39, 0.29) is 5.41 Å². The summed E-state index contributed by atoms with van der Waals surface area (Å²) in [6.45, 7) is 4.77. The number of rotatable bonds is 6. The Morgan fingerprint density at radius 3 is 1.07 bits per heavy atom. The van der Waals surface area contributed by atoms with E-state index >= 15 is 0 Å². The van der Waals surface area contributed by atoms with Crippen LogP contribution >= 0.6 is 0 Å². The van der Waals surface area contributed by atoms with Crippen LogP contribution < -0.4 is 0 Å². The van der Waals surface area contributed by atoms with Gasteiger partial charge in [0, 0.05) is 5.41 Å². The SMILES string of the molecule is CC1(C)c2cc(-c3ccc(-c4ccc(-c5ccc6c7c(cccc57)-c5ccccc5-6)cc4)cc3)ccc2-c2ccc(-c3ccc(-c4ccc(-c5ccc6ccc7cccc8ccc5c6c78)cc4)cc3)cc21. The number of fused-ring (bicyclic) bond motifs is 6. The molecule has 0 fully saturated rings. The van der Waals surface area contributed by atoms with E-state index in [1.807, 2.05) is 0 Å². The molecule has 71 heavy (non-hydrogen) atoms. The van der Waals surface area contributed by atoms with Gasteiger partial charge in [0.05, 0.1) is 0 Å². The second-order valence-corrected chi connectivity index (χ2v) is 20.4. The Bertz CT molecular complexity index is 4250. The van der Waals surface area contributed by atoms with Crippen molar-refractivity contribution in [1.82, 2.24) is 0 Å². The molecule has 0 atom stereocenters. The minimum Gasteiger partial charge on any atom is -0.0616 e. The predicted octanol–water partition coefficient (Wildman–Crippen LogP) is 19.7. The molecule has 0 spiro atoms. The highest BCUT2D eigenvalue weighted by Crippen LogP contribution is 2.52. The van der Waals surface area contributed by atoms with Gasteiger partial charge in [-0.15, -0.1) is 0 Å². The Balaban J connectivity index is 0.662. The summed E-state index contributed by atoms with van der Waals surface area (Å²) in [7, 11) is 0. The lowest BCUT2D eigenvalue weighted by molar-refractivity contribution is 0.661. The van der Waals surface area contributed by atoms with Gasteiger partial charge in [0.1, 0.15) is 0 Å². The topological polar surface area (TPSA) is 0 Å². The highest BCUT2D eigenvalue weighted by molar-refractivity contribution is 6.25. The highest BCUT2D eigenvalue weighted by Gasteiger charge is 2.36. The lowest BCUT2D eigenvalue weighted by Crippen LogP contribution is -2.15. The molecular weight excluding hydrogens is 853 g/mol. The quantitative estimate of drug-likeness (QED) is 0.146. The predicted molar refractivity (Wildman–Crippen MR) is 302 cm³/mol. The molecule has 0 aliphatic heterocycles. The molecule has 0 heteroatoms. The summed E-state index contributed by atoms with van der Waals surface area (Å²) >= 11 is 0. The van der Waals surface area contributed by atoms with Crippen LogP contribution in [0.4, 0.5) is 0 Å². The van der Waals surface area contributed by atoms with E-state index in [2.05, 4.69) is 257 Å². The molecule has 0 unspecified atom stereocenters. The van der Waals surface area contributed by atoms with Crippen LogP contribution in [0.5, 0.6) is 0 Å². The Kier molecular flexibility index (Phi) is 8.51. The summed E-state index contributed by atoms with van der Waals surface area (Å²) in [4.78, 5) is 0. The van der Waals surface area contributed by atoms with Crippen LogP contribution in [0.2, 0.25) is 0 Å². The Hall–Kier alpha value is -8.84. The maximum Gasteiger partial charge on any atom is 0.0159 e. The number of hydrogen-bond donors (Lipinski definition) is 0.